The van der Waals surface area contributed by atoms with Gasteiger partial charge in [-0.2, -0.15) is 0 Å². The largest absolute Gasteiger partial charge is 0.472 e. The molecule has 182 valence electrons. The molecule has 1 unspecified atom stereocenters. The summed E-state index contributed by atoms with van der Waals surface area (Å²) in [4.78, 5) is 14.3. The molecule has 0 saturated carbocycles. The summed E-state index contributed by atoms with van der Waals surface area (Å²) in [5.41, 5.74) is 6.60. The summed E-state index contributed by atoms with van der Waals surface area (Å²) >= 11 is 0. The molecular formula is C31H30N2O3. The Kier molecular flexibility index (Phi) is 6.08. The zero-order valence-electron chi connectivity index (χ0n) is 20.4. The van der Waals surface area contributed by atoms with E-state index in [-0.39, 0.29) is 5.91 Å². The highest BCUT2D eigenvalue weighted by Crippen LogP contribution is 2.50. The number of rotatable bonds is 5. The molecule has 3 aromatic carbocycles. The van der Waals surface area contributed by atoms with E-state index >= 15 is 0 Å². The van der Waals surface area contributed by atoms with E-state index in [1.165, 1.54) is 23.6 Å². The topological polar surface area (TPSA) is 54.7 Å². The minimum Gasteiger partial charge on any atom is -0.472 e. The third kappa shape index (κ3) is 4.42. The van der Waals surface area contributed by atoms with Gasteiger partial charge in [0.2, 0.25) is 5.91 Å². The molecule has 1 N–H and O–H groups in total. The summed E-state index contributed by atoms with van der Waals surface area (Å²) in [5, 5.41) is 2.96. The molecule has 2 aliphatic rings. The van der Waals surface area contributed by atoms with Crippen LogP contribution in [0.15, 0.2) is 89.7 Å². The Hall–Kier alpha value is -3.83. The molecule has 0 aliphatic carbocycles. The number of amides is 1. The lowest BCUT2D eigenvalue weighted by Gasteiger charge is -2.39. The Morgan fingerprint density at radius 2 is 1.72 bits per heavy atom. The second kappa shape index (κ2) is 9.67. The molecule has 1 saturated heterocycles. The van der Waals surface area contributed by atoms with Crippen LogP contribution in [0.1, 0.15) is 42.4 Å². The molecule has 1 fully saturated rings. The van der Waals surface area contributed by atoms with Crippen LogP contribution >= 0.6 is 0 Å². The zero-order chi connectivity index (χ0) is 24.5. The number of fused-ring (bicyclic) bond motifs is 2. The molecule has 2 aliphatic heterocycles. The normalized spacial score (nSPS) is 17.6. The lowest BCUT2D eigenvalue weighted by molar-refractivity contribution is -0.114. The minimum atomic E-state index is -0.0789. The molecule has 1 aromatic heterocycles. The lowest BCUT2D eigenvalue weighted by Crippen LogP contribution is -2.35. The standard InChI is InChI=1S/C31H30N2O3/c1-21(34)32-28-8-4-2-6-25(28)24-10-11-27-30(18-24)36-29-9-5-3-7-26(29)31(27)23-12-15-33(16-13-23)19-22-14-17-35-20-22/h2-11,14,17-18,20,23,31H,12-13,15-16,19H2,1H3,(H,32,34). The second-order valence-corrected chi connectivity index (χ2v) is 9.84. The second-order valence-electron chi connectivity index (χ2n) is 9.84. The molecule has 5 nitrogen and oxygen atoms in total. The molecule has 6 rings (SSSR count). The van der Waals surface area contributed by atoms with Crippen LogP contribution in [0.3, 0.4) is 0 Å². The number of anilines is 1. The predicted molar refractivity (Wildman–Crippen MR) is 141 cm³/mol. The Labute approximate surface area is 211 Å². The Bertz CT molecular complexity index is 1370. The fraction of sp³-hybridized carbons (Fsp3) is 0.258. The third-order valence-electron chi connectivity index (χ3n) is 7.46. The first-order valence-electron chi connectivity index (χ1n) is 12.7. The van der Waals surface area contributed by atoms with E-state index < -0.39 is 0 Å². The van der Waals surface area contributed by atoms with Crippen LogP contribution in [0.5, 0.6) is 11.5 Å². The summed E-state index contributed by atoms with van der Waals surface area (Å²) in [7, 11) is 0. The van der Waals surface area contributed by atoms with Crippen LogP contribution in [0.2, 0.25) is 0 Å². The summed E-state index contributed by atoms with van der Waals surface area (Å²) in [6.45, 7) is 4.63. The van der Waals surface area contributed by atoms with Crippen molar-refractivity contribution >= 4 is 11.6 Å². The molecule has 3 heterocycles. The number of benzene rings is 3. The third-order valence-corrected chi connectivity index (χ3v) is 7.46. The van der Waals surface area contributed by atoms with Gasteiger partial charge >= 0.3 is 0 Å². The number of likely N-dealkylation sites (tertiary alicyclic amines) is 1. The van der Waals surface area contributed by atoms with Crippen LogP contribution in [0.25, 0.3) is 11.1 Å². The average Bonchev–Trinajstić information content (AvgIpc) is 3.41. The van der Waals surface area contributed by atoms with Crippen LogP contribution in [0.4, 0.5) is 5.69 Å². The van der Waals surface area contributed by atoms with Crippen LogP contribution in [0, 0.1) is 5.92 Å². The molecule has 0 spiro atoms. The van der Waals surface area contributed by atoms with E-state index in [0.717, 1.165) is 60.8 Å². The highest BCUT2D eigenvalue weighted by molar-refractivity contribution is 5.94. The molecule has 1 amide bonds. The van der Waals surface area contributed by atoms with E-state index in [2.05, 4.69) is 52.7 Å². The van der Waals surface area contributed by atoms with E-state index in [9.17, 15) is 4.79 Å². The zero-order valence-corrected chi connectivity index (χ0v) is 20.4. The highest BCUT2D eigenvalue weighted by atomic mass is 16.5. The van der Waals surface area contributed by atoms with Gasteiger partial charge in [0, 0.05) is 47.3 Å². The summed E-state index contributed by atoms with van der Waals surface area (Å²) in [6.07, 6.45) is 5.88. The lowest BCUT2D eigenvalue weighted by atomic mass is 9.74. The van der Waals surface area contributed by atoms with Gasteiger partial charge in [0.1, 0.15) is 11.5 Å². The number of carbonyl (C=O) groups is 1. The molecule has 1 atom stereocenters. The van der Waals surface area contributed by atoms with Crippen LogP contribution in [-0.2, 0) is 11.3 Å². The molecule has 0 bridgehead atoms. The quantitative estimate of drug-likeness (QED) is 0.334. The van der Waals surface area contributed by atoms with Crippen molar-refractivity contribution in [2.45, 2.75) is 32.2 Å². The van der Waals surface area contributed by atoms with Gasteiger partial charge in [-0.15, -0.1) is 0 Å². The average molecular weight is 479 g/mol. The van der Waals surface area contributed by atoms with Gasteiger partial charge in [0.05, 0.1) is 12.5 Å². The summed E-state index contributed by atoms with van der Waals surface area (Å²) < 4.78 is 11.7. The number of para-hydroxylation sites is 2. The molecule has 5 heteroatoms. The number of nitrogens with one attached hydrogen (secondary N) is 1. The van der Waals surface area contributed by atoms with Gasteiger partial charge in [0.15, 0.2) is 0 Å². The maximum absolute atomic E-state index is 11.8. The maximum Gasteiger partial charge on any atom is 0.221 e. The number of nitrogens with zero attached hydrogens (tertiary/aromatic N) is 1. The molecule has 4 aromatic rings. The van der Waals surface area contributed by atoms with Crippen molar-refractivity contribution in [1.82, 2.24) is 4.90 Å². The maximum atomic E-state index is 11.8. The molecule has 0 radical (unpaired) electrons. The van der Waals surface area contributed by atoms with Gasteiger partial charge in [0.25, 0.3) is 0 Å². The first-order valence-corrected chi connectivity index (χ1v) is 12.7. The molecule has 36 heavy (non-hydrogen) atoms. The number of ether oxygens (including phenoxy) is 1. The smallest absolute Gasteiger partial charge is 0.221 e. The van der Waals surface area contributed by atoms with Crippen molar-refractivity contribution in [3.05, 3.63) is 102 Å². The van der Waals surface area contributed by atoms with Crippen molar-refractivity contribution in [2.75, 3.05) is 18.4 Å². The van der Waals surface area contributed by atoms with Gasteiger partial charge in [-0.05, 0) is 61.7 Å². The highest BCUT2D eigenvalue weighted by Gasteiger charge is 2.35. The number of carbonyl (C=O) groups excluding carboxylic acids is 1. The summed E-state index contributed by atoms with van der Waals surface area (Å²) in [6, 6.07) is 25.0. The Balaban J connectivity index is 1.31. The van der Waals surface area contributed by atoms with Crippen molar-refractivity contribution in [1.29, 1.82) is 0 Å². The summed E-state index contributed by atoms with van der Waals surface area (Å²) in [5.74, 6) is 2.63. The van der Waals surface area contributed by atoms with Crippen molar-refractivity contribution in [2.24, 2.45) is 5.92 Å². The predicted octanol–water partition coefficient (Wildman–Crippen LogP) is 7.05. The van der Waals surface area contributed by atoms with Gasteiger partial charge in [-0.1, -0.05) is 48.5 Å². The number of hydrogen-bond acceptors (Lipinski definition) is 4. The molecular weight excluding hydrogens is 448 g/mol. The first kappa shape index (κ1) is 22.6. The Morgan fingerprint density at radius 3 is 2.53 bits per heavy atom. The van der Waals surface area contributed by atoms with E-state index in [0.29, 0.717) is 11.8 Å². The van der Waals surface area contributed by atoms with Crippen LogP contribution < -0.4 is 10.1 Å². The van der Waals surface area contributed by atoms with E-state index in [1.54, 1.807) is 6.26 Å². The van der Waals surface area contributed by atoms with Crippen molar-refractivity contribution in [3.8, 4) is 22.6 Å². The van der Waals surface area contributed by atoms with Crippen molar-refractivity contribution in [3.63, 3.8) is 0 Å². The van der Waals surface area contributed by atoms with Gasteiger partial charge < -0.3 is 14.5 Å². The SMILES string of the molecule is CC(=O)Nc1ccccc1-c1ccc2c(c1)Oc1ccccc1C2C1CCN(Cc2ccoc2)CC1. The van der Waals surface area contributed by atoms with Crippen LogP contribution in [-0.4, -0.2) is 23.9 Å². The van der Waals surface area contributed by atoms with Gasteiger partial charge in [-0.3, -0.25) is 9.69 Å². The number of piperidine rings is 1. The van der Waals surface area contributed by atoms with Gasteiger partial charge in [-0.25, -0.2) is 0 Å². The van der Waals surface area contributed by atoms with Crippen molar-refractivity contribution < 1.29 is 13.9 Å². The number of hydrogen-bond donors (Lipinski definition) is 1. The monoisotopic (exact) mass is 478 g/mol. The minimum absolute atomic E-state index is 0.0789. The Morgan fingerprint density at radius 1 is 0.944 bits per heavy atom. The van der Waals surface area contributed by atoms with E-state index in [1.807, 2.05) is 36.6 Å². The fourth-order valence-corrected chi connectivity index (χ4v) is 5.79. The first-order chi connectivity index (χ1) is 17.7. The fourth-order valence-electron chi connectivity index (χ4n) is 5.79. The van der Waals surface area contributed by atoms with E-state index in [4.69, 9.17) is 9.15 Å². The number of furan rings is 1.